The number of nitrogens with two attached hydrogens (primary N) is 1. The molecular formula is CH8N3O7PS2. The van der Waals surface area contributed by atoms with Gasteiger partial charge in [-0.15, -0.1) is 8.99 Å². The van der Waals surface area contributed by atoms with Crippen molar-refractivity contribution in [1.82, 2.24) is 8.99 Å². The Bertz CT molecular complexity index is 436. The highest BCUT2D eigenvalue weighted by Crippen LogP contribution is 2.31. The molecule has 0 fully saturated rings. The van der Waals surface area contributed by atoms with Crippen LogP contribution in [0.3, 0.4) is 0 Å². The van der Waals surface area contributed by atoms with Crippen molar-refractivity contribution in [3.63, 3.8) is 0 Å². The predicted octanol–water partition coefficient (Wildman–Crippen LogP) is -2.64. The van der Waals surface area contributed by atoms with E-state index in [1.165, 1.54) is 0 Å². The van der Waals surface area contributed by atoms with Gasteiger partial charge in [0.05, 0.1) is 7.11 Å². The summed E-state index contributed by atoms with van der Waals surface area (Å²) in [7, 11) is -13.2. The smallest absolute Gasteiger partial charge is 0.321 e. The Morgan fingerprint density at radius 2 is 1.71 bits per heavy atom. The molecule has 0 aromatic carbocycles. The van der Waals surface area contributed by atoms with Gasteiger partial charge in [-0.2, -0.15) is 16.8 Å². The highest BCUT2D eigenvalue weighted by molar-refractivity contribution is 7.97. The fourth-order valence-electron chi connectivity index (χ4n) is 0.380. The van der Waals surface area contributed by atoms with Gasteiger partial charge in [0.25, 0.3) is 10.2 Å². The fourth-order valence-corrected chi connectivity index (χ4v) is 3.75. The van der Waals surface area contributed by atoms with E-state index < -0.39 is 28.2 Å². The Balaban J connectivity index is 4.78. The van der Waals surface area contributed by atoms with Gasteiger partial charge in [-0.05, 0) is 0 Å². The van der Waals surface area contributed by atoms with Crippen LogP contribution in [0.5, 0.6) is 0 Å². The minimum absolute atomic E-state index is 0.708. The van der Waals surface area contributed by atoms with Crippen LogP contribution in [-0.2, 0) is 29.3 Å². The molecule has 0 aliphatic carbocycles. The summed E-state index contributed by atoms with van der Waals surface area (Å²) in [5, 5.41) is 4.34. The van der Waals surface area contributed by atoms with E-state index in [1.807, 2.05) is 0 Å². The third kappa shape index (κ3) is 6.39. The number of nitrogens with one attached hydrogen (secondary N) is 2. The summed E-state index contributed by atoms with van der Waals surface area (Å²) in [5.74, 6) is 0. The van der Waals surface area contributed by atoms with Crippen LogP contribution in [0.15, 0.2) is 0 Å². The first-order chi connectivity index (χ1) is 5.97. The Morgan fingerprint density at radius 3 is 2.00 bits per heavy atom. The maximum Gasteiger partial charge on any atom is 0.367 e. The van der Waals surface area contributed by atoms with Crippen LogP contribution in [0.1, 0.15) is 0 Å². The molecule has 0 amide bonds. The number of hydrogen-bond donors (Lipinski definition) is 4. The zero-order valence-corrected chi connectivity index (χ0v) is 9.27. The van der Waals surface area contributed by atoms with Crippen LogP contribution in [0.4, 0.5) is 0 Å². The van der Waals surface area contributed by atoms with Gasteiger partial charge in [0, 0.05) is 0 Å². The van der Waals surface area contributed by atoms with Gasteiger partial charge in [0.2, 0.25) is 0 Å². The lowest BCUT2D eigenvalue weighted by atomic mass is 11.8. The molecule has 0 heterocycles. The van der Waals surface area contributed by atoms with Crippen molar-refractivity contribution in [3.8, 4) is 0 Å². The highest BCUT2D eigenvalue weighted by Gasteiger charge is 2.29. The van der Waals surface area contributed by atoms with Gasteiger partial charge in [-0.25, -0.2) is 5.14 Å². The molecule has 0 aliphatic rings. The SMILES string of the molecule is COS(=O)(=O)NP(=O)(O)NS(N)(=O)=O. The standard InChI is InChI=1S/CH8N3O7PS2/c1-11-14(9,10)4-12(5,6)3-13(2,7)8/h1H3,(H2,2,7,8)(H3,3,4,5,6). The molecule has 5 N–H and O–H groups in total. The van der Waals surface area contributed by atoms with Crippen molar-refractivity contribution >= 4 is 28.2 Å². The first-order valence-electron chi connectivity index (χ1n) is 2.72. The molecule has 0 bridgehead atoms. The van der Waals surface area contributed by atoms with Gasteiger partial charge in [0.15, 0.2) is 0 Å². The molecule has 10 nitrogen and oxygen atoms in total. The molecule has 13 heteroatoms. The second-order valence-corrected chi connectivity index (χ2v) is 6.87. The van der Waals surface area contributed by atoms with Gasteiger partial charge in [0.1, 0.15) is 0 Å². The van der Waals surface area contributed by atoms with Crippen LogP contribution in [0, 0.1) is 0 Å². The van der Waals surface area contributed by atoms with Crippen molar-refractivity contribution < 1.29 is 30.5 Å². The first-order valence-corrected chi connectivity index (χ1v) is 7.33. The Hall–Kier alpha value is -0.0700. The molecule has 0 saturated carbocycles. The second-order valence-electron chi connectivity index (χ2n) is 1.92. The molecule has 1 unspecified atom stereocenters. The maximum absolute atomic E-state index is 10.8. The van der Waals surface area contributed by atoms with E-state index in [2.05, 4.69) is 9.32 Å². The summed E-state index contributed by atoms with van der Waals surface area (Å²) in [5.41, 5.74) is 0. The molecular weight excluding hydrogens is 261 g/mol. The van der Waals surface area contributed by atoms with Gasteiger partial charge < -0.3 is 4.89 Å². The lowest BCUT2D eigenvalue weighted by molar-refractivity contribution is 0.389. The highest BCUT2D eigenvalue weighted by atomic mass is 32.3. The summed E-state index contributed by atoms with van der Waals surface area (Å²) in [4.78, 5) is 8.73. The molecule has 0 aromatic heterocycles. The van der Waals surface area contributed by atoms with E-state index >= 15 is 0 Å². The molecule has 0 aliphatic heterocycles. The average Bonchev–Trinajstić information content (AvgIpc) is 1.78. The summed E-state index contributed by atoms with van der Waals surface area (Å²) < 4.78 is 58.2. The Labute approximate surface area is 80.4 Å². The van der Waals surface area contributed by atoms with Crippen molar-refractivity contribution in [2.24, 2.45) is 5.14 Å². The van der Waals surface area contributed by atoms with Gasteiger partial charge in [-0.3, -0.25) is 8.75 Å². The monoisotopic (exact) mass is 269 g/mol. The van der Waals surface area contributed by atoms with E-state index in [1.54, 1.807) is 0 Å². The number of rotatable bonds is 5. The van der Waals surface area contributed by atoms with E-state index in [4.69, 9.17) is 4.89 Å². The lowest BCUT2D eigenvalue weighted by Crippen LogP contribution is -2.35. The average molecular weight is 269 g/mol. The van der Waals surface area contributed by atoms with Crippen LogP contribution in [-0.4, -0.2) is 28.8 Å². The van der Waals surface area contributed by atoms with Gasteiger partial charge in [-0.1, -0.05) is 0 Å². The van der Waals surface area contributed by atoms with Crippen LogP contribution in [0.25, 0.3) is 0 Å². The molecule has 86 valence electrons. The topological polar surface area (TPSA) is 165 Å². The normalized spacial score (nSPS) is 17.6. The van der Waals surface area contributed by atoms with Crippen LogP contribution in [0.2, 0.25) is 0 Å². The Morgan fingerprint density at radius 1 is 1.29 bits per heavy atom. The molecule has 0 radical (unpaired) electrons. The minimum Gasteiger partial charge on any atom is -0.321 e. The molecule has 0 spiro atoms. The lowest BCUT2D eigenvalue weighted by Gasteiger charge is -2.11. The zero-order chi connectivity index (χ0) is 11.6. The van der Waals surface area contributed by atoms with Crippen LogP contribution >= 0.6 is 7.67 Å². The largest absolute Gasteiger partial charge is 0.367 e. The third-order valence-corrected chi connectivity index (χ3v) is 5.04. The van der Waals surface area contributed by atoms with E-state index in [-0.39, 0.29) is 0 Å². The molecule has 14 heavy (non-hydrogen) atoms. The first kappa shape index (κ1) is 13.9. The Kier molecular flexibility index (Phi) is 4.18. The molecule has 1 atom stereocenters. The van der Waals surface area contributed by atoms with E-state index in [0.717, 1.165) is 8.99 Å². The summed E-state index contributed by atoms with van der Waals surface area (Å²) in [6.07, 6.45) is 0. The third-order valence-electron chi connectivity index (χ3n) is 0.706. The summed E-state index contributed by atoms with van der Waals surface area (Å²) >= 11 is 0. The van der Waals surface area contributed by atoms with Crippen molar-refractivity contribution in [2.45, 2.75) is 0 Å². The predicted molar refractivity (Wildman–Crippen MR) is 45.1 cm³/mol. The van der Waals surface area contributed by atoms with Crippen LogP contribution < -0.4 is 14.1 Å². The van der Waals surface area contributed by atoms with E-state index in [9.17, 15) is 21.4 Å². The van der Waals surface area contributed by atoms with Crippen molar-refractivity contribution in [3.05, 3.63) is 0 Å². The summed E-state index contributed by atoms with van der Waals surface area (Å²) in [6, 6.07) is 0. The van der Waals surface area contributed by atoms with Crippen molar-refractivity contribution in [1.29, 1.82) is 0 Å². The molecule has 0 rings (SSSR count). The van der Waals surface area contributed by atoms with E-state index in [0.29, 0.717) is 7.11 Å². The zero-order valence-electron chi connectivity index (χ0n) is 6.74. The fraction of sp³-hybridized carbons (Fsp3) is 1.00. The number of hydrogen-bond acceptors (Lipinski definition) is 6. The maximum atomic E-state index is 10.8. The quantitative estimate of drug-likeness (QED) is 0.396. The van der Waals surface area contributed by atoms with Gasteiger partial charge >= 0.3 is 18.0 Å². The van der Waals surface area contributed by atoms with Crippen molar-refractivity contribution in [2.75, 3.05) is 7.11 Å². The minimum atomic E-state index is -4.88. The molecule has 0 aromatic rings. The second kappa shape index (κ2) is 4.20. The molecule has 0 saturated heterocycles. The summed E-state index contributed by atoms with van der Waals surface area (Å²) in [6.45, 7) is 0.